The second kappa shape index (κ2) is 11.6. The van der Waals surface area contributed by atoms with Crippen LogP contribution in [0.25, 0.3) is 0 Å². The van der Waals surface area contributed by atoms with Crippen molar-refractivity contribution in [1.82, 2.24) is 10.6 Å². The van der Waals surface area contributed by atoms with E-state index in [1.165, 1.54) is 6.92 Å². The minimum Gasteiger partial charge on any atom is -0.459 e. The van der Waals surface area contributed by atoms with Gasteiger partial charge in [0.15, 0.2) is 0 Å². The van der Waals surface area contributed by atoms with Crippen molar-refractivity contribution in [1.29, 1.82) is 0 Å². The summed E-state index contributed by atoms with van der Waals surface area (Å²) in [4.78, 5) is 32.6. The van der Waals surface area contributed by atoms with Crippen molar-refractivity contribution < 1.29 is 23.9 Å². The van der Waals surface area contributed by atoms with Gasteiger partial charge in [-0.3, -0.25) is 0 Å². The summed E-state index contributed by atoms with van der Waals surface area (Å²) in [6, 6.07) is -0.538. The lowest BCUT2D eigenvalue weighted by Crippen LogP contribution is -2.30. The highest BCUT2D eigenvalue weighted by molar-refractivity contribution is 5.86. The first kappa shape index (κ1) is 18.8. The van der Waals surface area contributed by atoms with Crippen LogP contribution in [-0.2, 0) is 14.3 Å². The number of unbranched alkanes of at least 4 members (excludes halogenated alkanes) is 2. The lowest BCUT2D eigenvalue weighted by Gasteiger charge is -2.07. The number of nitrogens with one attached hydrogen (secondary N) is 2. The number of primary amides is 1. The molecule has 0 aliphatic carbocycles. The number of nitrogens with two attached hydrogens (primary N) is 1. The van der Waals surface area contributed by atoms with E-state index in [2.05, 4.69) is 17.2 Å². The van der Waals surface area contributed by atoms with Crippen LogP contribution in [0.3, 0.4) is 0 Å². The van der Waals surface area contributed by atoms with Crippen LogP contribution in [0.1, 0.15) is 26.2 Å². The maximum atomic E-state index is 11.2. The fourth-order valence-corrected chi connectivity index (χ4v) is 1.27. The fourth-order valence-electron chi connectivity index (χ4n) is 1.27. The zero-order chi connectivity index (χ0) is 16.1. The number of urea groups is 1. The van der Waals surface area contributed by atoms with Crippen molar-refractivity contribution in [3.05, 3.63) is 12.2 Å². The van der Waals surface area contributed by atoms with Crippen LogP contribution in [0.4, 0.5) is 9.59 Å². The molecule has 0 heterocycles. The average molecular weight is 301 g/mol. The lowest BCUT2D eigenvalue weighted by atomic mass is 10.2. The summed E-state index contributed by atoms with van der Waals surface area (Å²) in [6.45, 7) is 5.95. The lowest BCUT2D eigenvalue weighted by molar-refractivity contribution is -0.139. The predicted molar refractivity (Wildman–Crippen MR) is 76.6 cm³/mol. The first-order valence-corrected chi connectivity index (χ1v) is 6.70. The Morgan fingerprint density at radius 3 is 2.14 bits per heavy atom. The molecule has 0 saturated carbocycles. The molecule has 0 aromatic rings. The molecule has 8 nitrogen and oxygen atoms in total. The second-order valence-corrected chi connectivity index (χ2v) is 4.33. The average Bonchev–Trinajstić information content (AvgIpc) is 2.41. The van der Waals surface area contributed by atoms with Gasteiger partial charge >= 0.3 is 18.1 Å². The van der Waals surface area contributed by atoms with Gasteiger partial charge in [-0.15, -0.1) is 0 Å². The number of rotatable bonds is 10. The van der Waals surface area contributed by atoms with Crippen LogP contribution in [0.2, 0.25) is 0 Å². The van der Waals surface area contributed by atoms with Gasteiger partial charge in [-0.2, -0.15) is 0 Å². The summed E-state index contributed by atoms with van der Waals surface area (Å²) in [5.74, 6) is -0.511. The topological polar surface area (TPSA) is 120 Å². The molecule has 0 aromatic carbocycles. The maximum absolute atomic E-state index is 11.2. The van der Waals surface area contributed by atoms with Gasteiger partial charge in [-0.1, -0.05) is 6.58 Å². The van der Waals surface area contributed by atoms with E-state index in [0.717, 1.165) is 19.3 Å². The van der Waals surface area contributed by atoms with Crippen LogP contribution in [0.15, 0.2) is 12.2 Å². The summed E-state index contributed by atoms with van der Waals surface area (Å²) in [5, 5.41) is 5.04. The van der Waals surface area contributed by atoms with Crippen molar-refractivity contribution >= 4 is 18.1 Å². The van der Waals surface area contributed by atoms with E-state index in [0.29, 0.717) is 18.7 Å². The molecule has 0 aliphatic rings. The molecule has 0 fully saturated rings. The van der Waals surface area contributed by atoms with Gasteiger partial charge in [0, 0.05) is 18.7 Å². The number of esters is 1. The molecule has 0 atom stereocenters. The van der Waals surface area contributed by atoms with Gasteiger partial charge in [0.25, 0.3) is 0 Å². The number of amides is 3. The zero-order valence-corrected chi connectivity index (χ0v) is 12.3. The third-order valence-corrected chi connectivity index (χ3v) is 2.32. The minimum atomic E-state index is -0.559. The van der Waals surface area contributed by atoms with Gasteiger partial charge in [0.05, 0.1) is 0 Å². The van der Waals surface area contributed by atoms with Crippen molar-refractivity contribution in [2.75, 3.05) is 26.3 Å². The molecule has 0 aliphatic heterocycles. The van der Waals surface area contributed by atoms with E-state index in [4.69, 9.17) is 15.2 Å². The Labute approximate surface area is 124 Å². The van der Waals surface area contributed by atoms with Crippen LogP contribution in [0, 0.1) is 0 Å². The largest absolute Gasteiger partial charge is 0.459 e. The smallest absolute Gasteiger partial charge is 0.407 e. The van der Waals surface area contributed by atoms with Gasteiger partial charge in [0.2, 0.25) is 0 Å². The van der Waals surface area contributed by atoms with Crippen molar-refractivity contribution in [2.45, 2.75) is 26.2 Å². The highest BCUT2D eigenvalue weighted by Gasteiger charge is 2.04. The number of alkyl carbamates (subject to hydrolysis) is 1. The molecule has 4 N–H and O–H groups in total. The maximum Gasteiger partial charge on any atom is 0.407 e. The molecular weight excluding hydrogens is 278 g/mol. The molecule has 21 heavy (non-hydrogen) atoms. The number of hydrogen-bond acceptors (Lipinski definition) is 5. The molecule has 8 heteroatoms. The van der Waals surface area contributed by atoms with E-state index >= 15 is 0 Å². The SMILES string of the molecule is C=C(C)C(=O)OCCOC(=O)NCCCCCNC(N)=O. The highest BCUT2D eigenvalue weighted by Crippen LogP contribution is 1.93. The van der Waals surface area contributed by atoms with Crippen LogP contribution >= 0.6 is 0 Å². The van der Waals surface area contributed by atoms with Gasteiger partial charge in [0.1, 0.15) is 13.2 Å². The van der Waals surface area contributed by atoms with Gasteiger partial charge < -0.3 is 25.8 Å². The summed E-state index contributed by atoms with van der Waals surface area (Å²) in [7, 11) is 0. The van der Waals surface area contributed by atoms with E-state index in [1.807, 2.05) is 0 Å². The second-order valence-electron chi connectivity index (χ2n) is 4.33. The summed E-state index contributed by atoms with van der Waals surface area (Å²) < 4.78 is 9.56. The molecule has 0 saturated heterocycles. The van der Waals surface area contributed by atoms with Crippen molar-refractivity contribution in [3.8, 4) is 0 Å². The Morgan fingerprint density at radius 1 is 1.00 bits per heavy atom. The Hall–Kier alpha value is -2.25. The zero-order valence-electron chi connectivity index (χ0n) is 12.3. The molecule has 0 unspecified atom stereocenters. The Kier molecular flexibility index (Phi) is 10.3. The quantitative estimate of drug-likeness (QED) is 0.311. The van der Waals surface area contributed by atoms with E-state index in [-0.39, 0.29) is 13.2 Å². The van der Waals surface area contributed by atoms with E-state index in [9.17, 15) is 14.4 Å². The minimum absolute atomic E-state index is 0.00208. The third kappa shape index (κ3) is 12.5. The monoisotopic (exact) mass is 301 g/mol. The molecule has 0 bridgehead atoms. The van der Waals surface area contributed by atoms with Crippen LogP contribution in [0.5, 0.6) is 0 Å². The van der Waals surface area contributed by atoms with Crippen LogP contribution < -0.4 is 16.4 Å². The van der Waals surface area contributed by atoms with Crippen molar-refractivity contribution in [3.63, 3.8) is 0 Å². The summed E-state index contributed by atoms with van der Waals surface area (Å²) in [6.07, 6.45) is 1.84. The standard InChI is InChI=1S/C13H23N3O5/c1-10(2)11(17)20-8-9-21-13(19)16-7-5-3-4-6-15-12(14)18/h1,3-9H2,2H3,(H,16,19)(H3,14,15,18). The molecule has 0 radical (unpaired) electrons. The number of carbonyl (C=O) groups is 3. The molecule has 0 spiro atoms. The summed E-state index contributed by atoms with van der Waals surface area (Å²) >= 11 is 0. The molecular formula is C13H23N3O5. The number of carbonyl (C=O) groups excluding carboxylic acids is 3. The molecule has 0 aromatic heterocycles. The molecule has 120 valence electrons. The number of ether oxygens (including phenoxy) is 2. The highest BCUT2D eigenvalue weighted by atomic mass is 16.6. The van der Waals surface area contributed by atoms with Gasteiger partial charge in [-0.25, -0.2) is 14.4 Å². The Bertz CT molecular complexity index is 371. The Balaban J connectivity index is 3.37. The third-order valence-electron chi connectivity index (χ3n) is 2.32. The first-order valence-electron chi connectivity index (χ1n) is 6.70. The van der Waals surface area contributed by atoms with E-state index in [1.54, 1.807) is 0 Å². The fraction of sp³-hybridized carbons (Fsp3) is 0.615. The molecule has 3 amide bonds. The van der Waals surface area contributed by atoms with Crippen molar-refractivity contribution in [2.24, 2.45) is 5.73 Å². The Morgan fingerprint density at radius 2 is 1.57 bits per heavy atom. The van der Waals surface area contributed by atoms with E-state index < -0.39 is 18.1 Å². The predicted octanol–water partition coefficient (Wildman–Crippen LogP) is 0.671. The normalized spacial score (nSPS) is 9.57. The van der Waals surface area contributed by atoms with Gasteiger partial charge in [-0.05, 0) is 26.2 Å². The van der Waals surface area contributed by atoms with Crippen LogP contribution in [-0.4, -0.2) is 44.4 Å². The summed E-state index contributed by atoms with van der Waals surface area (Å²) in [5.41, 5.74) is 5.20. The first-order chi connectivity index (χ1) is 9.93. The number of hydrogen-bond donors (Lipinski definition) is 3. The molecule has 0 rings (SSSR count).